The van der Waals surface area contributed by atoms with Gasteiger partial charge >= 0.3 is 5.97 Å². The zero-order chi connectivity index (χ0) is 40.4. The maximum absolute atomic E-state index is 11.9. The molecule has 292 valence electrons. The molecule has 0 bridgehead atoms. The number of carbonyl (C=O) groups is 1. The maximum Gasteiger partial charge on any atom is 0.326 e. The lowest BCUT2D eigenvalue weighted by Crippen LogP contribution is -2.52. The van der Waals surface area contributed by atoms with Crippen LogP contribution in [0.1, 0.15) is 51.6 Å². The Morgan fingerprint density at radius 1 is 0.895 bits per heavy atom. The van der Waals surface area contributed by atoms with E-state index in [1.54, 1.807) is 30.7 Å². The number of nitriles is 1. The highest BCUT2D eigenvalue weighted by molar-refractivity contribution is 6.32. The second kappa shape index (κ2) is 18.7. The first-order valence-electron chi connectivity index (χ1n) is 18.6. The molecule has 0 radical (unpaired) electrons. The molecule has 11 nitrogen and oxygen atoms in total. The number of carboxylic acid groups (broad SMARTS) is 1. The number of aromatic nitrogens is 3. The molecule has 12 heteroatoms. The van der Waals surface area contributed by atoms with E-state index >= 15 is 0 Å². The molecule has 2 heterocycles. The maximum atomic E-state index is 11.9. The summed E-state index contributed by atoms with van der Waals surface area (Å²) in [7, 11) is 0. The molecule has 57 heavy (non-hydrogen) atoms. The van der Waals surface area contributed by atoms with Crippen molar-refractivity contribution < 1.29 is 24.5 Å². The third-order valence-corrected chi connectivity index (χ3v) is 10.3. The van der Waals surface area contributed by atoms with Crippen LogP contribution in [0.5, 0.6) is 11.5 Å². The Kier molecular flexibility index (Phi) is 13.4. The molecular formula is C45H45ClN6O5. The summed E-state index contributed by atoms with van der Waals surface area (Å²) in [6.45, 7) is 6.99. The zero-order valence-electron chi connectivity index (χ0n) is 32.1. The molecule has 0 aliphatic heterocycles. The smallest absolute Gasteiger partial charge is 0.326 e. The number of aliphatic hydroxyl groups is 1. The molecule has 0 fully saturated rings. The first kappa shape index (κ1) is 40.6. The first-order valence-corrected chi connectivity index (χ1v) is 18.9. The minimum absolute atomic E-state index is 0.0311. The predicted molar refractivity (Wildman–Crippen MR) is 220 cm³/mol. The highest BCUT2D eigenvalue weighted by Gasteiger charge is 2.32. The van der Waals surface area contributed by atoms with Crippen molar-refractivity contribution in [3.8, 4) is 39.8 Å². The number of nitrogens with zero attached hydrogens (tertiary/aromatic N) is 3. The summed E-state index contributed by atoms with van der Waals surface area (Å²) in [5.74, 6) is -0.433. The number of carboxylic acids is 1. The van der Waals surface area contributed by atoms with E-state index in [0.717, 1.165) is 53.0 Å². The van der Waals surface area contributed by atoms with Crippen LogP contribution in [0.2, 0.25) is 5.02 Å². The van der Waals surface area contributed by atoms with Gasteiger partial charge in [0.25, 0.3) is 0 Å². The molecule has 5 N–H and O–H groups in total. The summed E-state index contributed by atoms with van der Waals surface area (Å²) in [5, 5.41) is 35.5. The van der Waals surface area contributed by atoms with Crippen LogP contribution >= 0.6 is 11.6 Å². The monoisotopic (exact) mass is 784 g/mol. The second-order valence-electron chi connectivity index (χ2n) is 14.1. The number of hydrogen-bond acceptors (Lipinski definition) is 9. The van der Waals surface area contributed by atoms with Gasteiger partial charge in [-0.3, -0.25) is 15.1 Å². The average Bonchev–Trinajstić information content (AvgIpc) is 3.75. The van der Waals surface area contributed by atoms with Crippen LogP contribution in [0, 0.1) is 25.2 Å². The fraction of sp³-hybridized carbons (Fsp3) is 0.244. The van der Waals surface area contributed by atoms with Gasteiger partial charge in [0, 0.05) is 61.8 Å². The van der Waals surface area contributed by atoms with Gasteiger partial charge in [0.1, 0.15) is 36.3 Å². The minimum Gasteiger partial charge on any atom is -0.488 e. The normalized spacial score (nSPS) is 12.1. The fourth-order valence-corrected chi connectivity index (χ4v) is 6.68. The molecule has 1 unspecified atom stereocenters. The van der Waals surface area contributed by atoms with E-state index in [4.69, 9.17) is 21.1 Å². The fourth-order valence-electron chi connectivity index (χ4n) is 6.44. The van der Waals surface area contributed by atoms with E-state index in [1.165, 1.54) is 29.8 Å². The molecule has 6 aromatic rings. The summed E-state index contributed by atoms with van der Waals surface area (Å²) in [5.41, 5.74) is 10.1. The lowest BCUT2D eigenvalue weighted by atomic mass is 9.89. The van der Waals surface area contributed by atoms with E-state index in [0.29, 0.717) is 33.2 Å². The number of aliphatic hydroxyl groups excluding tert-OH is 1. The van der Waals surface area contributed by atoms with Crippen molar-refractivity contribution in [2.24, 2.45) is 0 Å². The number of halogens is 1. The van der Waals surface area contributed by atoms with Crippen molar-refractivity contribution in [3.63, 3.8) is 0 Å². The van der Waals surface area contributed by atoms with E-state index in [9.17, 15) is 20.3 Å². The van der Waals surface area contributed by atoms with Gasteiger partial charge in [-0.1, -0.05) is 72.3 Å². The summed E-state index contributed by atoms with van der Waals surface area (Å²) in [4.78, 5) is 23.2. The van der Waals surface area contributed by atoms with Gasteiger partial charge in [-0.2, -0.15) is 5.26 Å². The third-order valence-electron chi connectivity index (χ3n) is 10.1. The Bertz CT molecular complexity index is 2360. The number of nitrogens with one attached hydrogen (secondary N) is 3. The van der Waals surface area contributed by atoms with Crippen molar-refractivity contribution in [2.75, 3.05) is 13.2 Å². The molecule has 0 spiro atoms. The Morgan fingerprint density at radius 3 is 2.35 bits per heavy atom. The first-order chi connectivity index (χ1) is 27.6. The standard InChI is InChI=1S/C45H45ClN6O5/c1-29-35(6-4-8-39(29)40-9-5-7-38(30(40)2)34-12-10-31(11-13-34)20-48-15-14-37-24-50-28-51-37)26-57-43-18-42(56-25-33-16-32(19-47)21-49-22-33)36(17-41(43)46)23-52-45(3,27-53)44(54)55/h4-13,16-18,21-22,24,28,48,52-53H,14-15,20,23,25-27H2,1-3H3,(H,50,51)(H,54,55). The summed E-state index contributed by atoms with van der Waals surface area (Å²) < 4.78 is 12.5. The molecule has 0 aliphatic rings. The second-order valence-corrected chi connectivity index (χ2v) is 14.5. The van der Waals surface area contributed by atoms with Crippen LogP contribution in [0.4, 0.5) is 0 Å². The van der Waals surface area contributed by atoms with Crippen LogP contribution in [-0.4, -0.2) is 49.8 Å². The van der Waals surface area contributed by atoms with Gasteiger partial charge in [0.2, 0.25) is 0 Å². The number of H-pyrrole nitrogens is 1. The number of ether oxygens (including phenoxy) is 2. The topological polar surface area (TPSA) is 165 Å². The third kappa shape index (κ3) is 10.0. The van der Waals surface area contributed by atoms with Crippen molar-refractivity contribution in [1.82, 2.24) is 25.6 Å². The lowest BCUT2D eigenvalue weighted by molar-refractivity contribution is -0.145. The largest absolute Gasteiger partial charge is 0.488 e. The van der Waals surface area contributed by atoms with E-state index in [1.807, 2.05) is 18.3 Å². The Labute approximate surface area is 337 Å². The van der Waals surface area contributed by atoms with E-state index < -0.39 is 18.1 Å². The summed E-state index contributed by atoms with van der Waals surface area (Å²) in [6.07, 6.45) is 7.57. The number of benzene rings is 4. The summed E-state index contributed by atoms with van der Waals surface area (Å²) in [6, 6.07) is 28.3. The van der Waals surface area contributed by atoms with E-state index in [2.05, 4.69) is 94.0 Å². The van der Waals surface area contributed by atoms with Gasteiger partial charge in [-0.15, -0.1) is 0 Å². The van der Waals surface area contributed by atoms with E-state index in [-0.39, 0.29) is 19.8 Å². The minimum atomic E-state index is -1.59. The molecule has 6 rings (SSSR count). The van der Waals surface area contributed by atoms with Gasteiger partial charge in [-0.25, -0.2) is 4.98 Å². The quantitative estimate of drug-likeness (QED) is 0.0546. The van der Waals surface area contributed by atoms with Crippen LogP contribution in [0.25, 0.3) is 22.3 Å². The number of rotatable bonds is 18. The van der Waals surface area contributed by atoms with Crippen molar-refractivity contribution in [1.29, 1.82) is 5.26 Å². The average molecular weight is 785 g/mol. The van der Waals surface area contributed by atoms with Gasteiger partial charge in [0.05, 0.1) is 29.2 Å². The Morgan fingerprint density at radius 2 is 1.63 bits per heavy atom. The van der Waals surface area contributed by atoms with Crippen LogP contribution in [0.15, 0.2) is 104 Å². The molecule has 2 aromatic heterocycles. The number of pyridine rings is 1. The molecule has 4 aromatic carbocycles. The van der Waals surface area contributed by atoms with Crippen molar-refractivity contribution in [3.05, 3.63) is 153 Å². The lowest BCUT2D eigenvalue weighted by Gasteiger charge is -2.25. The molecule has 0 amide bonds. The molecular weight excluding hydrogens is 740 g/mol. The van der Waals surface area contributed by atoms with Gasteiger partial charge < -0.3 is 30.0 Å². The van der Waals surface area contributed by atoms with Crippen LogP contribution in [-0.2, 0) is 37.5 Å². The Balaban J connectivity index is 1.18. The van der Waals surface area contributed by atoms with Gasteiger partial charge in [-0.05, 0) is 77.4 Å². The number of aliphatic carboxylic acids is 1. The molecule has 0 aliphatic carbocycles. The SMILES string of the molecule is Cc1c(COc2cc(OCc3cncc(C#N)c3)c(CNC(C)(CO)C(=O)O)cc2Cl)cccc1-c1cccc(-c2ccc(CNCCc3c[nH]cn3)cc2)c1C. The van der Waals surface area contributed by atoms with Crippen molar-refractivity contribution in [2.45, 2.75) is 59.0 Å². The molecule has 0 saturated carbocycles. The molecule has 0 saturated heterocycles. The molecule has 1 atom stereocenters. The zero-order valence-corrected chi connectivity index (χ0v) is 32.9. The number of aromatic amines is 1. The highest BCUT2D eigenvalue weighted by atomic mass is 35.5. The predicted octanol–water partition coefficient (Wildman–Crippen LogP) is 7.70. The van der Waals surface area contributed by atoms with Crippen molar-refractivity contribution >= 4 is 17.6 Å². The van der Waals surface area contributed by atoms with Gasteiger partial charge in [0.15, 0.2) is 0 Å². The summed E-state index contributed by atoms with van der Waals surface area (Å²) >= 11 is 6.77. The highest BCUT2D eigenvalue weighted by Crippen LogP contribution is 2.37. The Hall–Kier alpha value is -6.03. The number of hydrogen-bond donors (Lipinski definition) is 5. The van der Waals surface area contributed by atoms with Crippen LogP contribution in [0.3, 0.4) is 0 Å². The number of imidazole rings is 1. The van der Waals surface area contributed by atoms with Crippen LogP contribution < -0.4 is 20.1 Å².